The van der Waals surface area contributed by atoms with Gasteiger partial charge in [0, 0.05) is 24.3 Å². The quantitative estimate of drug-likeness (QED) is 0.522. The van der Waals surface area contributed by atoms with Crippen LogP contribution in [0.3, 0.4) is 0 Å². The predicted molar refractivity (Wildman–Crippen MR) is 123 cm³/mol. The third-order valence-corrected chi connectivity index (χ3v) is 7.12. The van der Waals surface area contributed by atoms with Crippen molar-refractivity contribution in [3.05, 3.63) is 80.0 Å². The molecule has 10 nitrogen and oxygen atoms in total. The number of morpholine rings is 1. The number of hydrogen-bond acceptors (Lipinski definition) is 7. The maximum Gasteiger partial charge on any atom is 0.335 e. The molecule has 0 spiro atoms. The minimum Gasteiger partial charge on any atom is -0.493 e. The first-order valence-corrected chi connectivity index (χ1v) is 11.7. The molecule has 0 radical (unpaired) electrons. The number of aromatic amines is 1. The van der Waals surface area contributed by atoms with Crippen molar-refractivity contribution in [1.29, 1.82) is 0 Å². The fraction of sp³-hybridized carbons (Fsp3) is 0.190. The Balaban J connectivity index is 1.64. The van der Waals surface area contributed by atoms with Crippen LogP contribution in [0.1, 0.15) is 5.56 Å². The number of aliphatic imine (C=N–C) groups is 1. The number of rotatable bonds is 5. The Morgan fingerprint density at radius 3 is 2.45 bits per heavy atom. The highest BCUT2D eigenvalue weighted by Crippen LogP contribution is 2.22. The molecule has 1 aliphatic rings. The second-order valence-electron chi connectivity index (χ2n) is 7.08. The van der Waals surface area contributed by atoms with E-state index >= 15 is 0 Å². The van der Waals surface area contributed by atoms with Crippen LogP contribution in [0, 0.1) is 0 Å². The van der Waals surface area contributed by atoms with E-state index in [-0.39, 0.29) is 29.2 Å². The SMILES string of the molecule is O=c1[nH]c(=O)n(-c2cccc(Cl)c2)c(O)c1C=Nc1ccc(S(=O)(=O)N2CCOCC2)cc1. The van der Waals surface area contributed by atoms with Crippen molar-refractivity contribution in [3.63, 3.8) is 0 Å². The smallest absolute Gasteiger partial charge is 0.335 e. The molecule has 1 aliphatic heterocycles. The number of ether oxygens (including phenoxy) is 1. The van der Waals surface area contributed by atoms with Crippen LogP contribution < -0.4 is 11.2 Å². The number of aromatic nitrogens is 2. The average Bonchev–Trinajstić information content (AvgIpc) is 2.79. The van der Waals surface area contributed by atoms with Crippen molar-refractivity contribution in [2.45, 2.75) is 4.90 Å². The molecule has 12 heteroatoms. The largest absolute Gasteiger partial charge is 0.493 e. The van der Waals surface area contributed by atoms with E-state index in [4.69, 9.17) is 16.3 Å². The Morgan fingerprint density at radius 1 is 1.09 bits per heavy atom. The van der Waals surface area contributed by atoms with Crippen molar-refractivity contribution in [1.82, 2.24) is 13.9 Å². The van der Waals surface area contributed by atoms with Gasteiger partial charge in [-0.2, -0.15) is 4.31 Å². The zero-order valence-electron chi connectivity index (χ0n) is 17.1. The molecule has 1 fully saturated rings. The standard InChI is InChI=1S/C21H19ClN4O6S/c22-14-2-1-3-16(12-14)26-20(28)18(19(27)24-21(26)29)13-23-15-4-6-17(7-5-15)33(30,31)25-8-10-32-11-9-25/h1-7,12-13,28H,8-11H2,(H,24,27,29). The van der Waals surface area contributed by atoms with Crippen molar-refractivity contribution < 1.29 is 18.3 Å². The number of benzene rings is 2. The molecular formula is C21H19ClN4O6S. The second-order valence-corrected chi connectivity index (χ2v) is 9.45. The monoisotopic (exact) mass is 490 g/mol. The molecule has 0 unspecified atom stereocenters. The lowest BCUT2D eigenvalue weighted by Crippen LogP contribution is -2.40. The topological polar surface area (TPSA) is 134 Å². The van der Waals surface area contributed by atoms with Crippen molar-refractivity contribution >= 4 is 33.5 Å². The summed E-state index contributed by atoms with van der Waals surface area (Å²) in [6, 6.07) is 12.0. The minimum atomic E-state index is -3.65. The van der Waals surface area contributed by atoms with Crippen molar-refractivity contribution in [2.24, 2.45) is 4.99 Å². The number of nitrogens with zero attached hydrogens (tertiary/aromatic N) is 3. The summed E-state index contributed by atoms with van der Waals surface area (Å²) in [5, 5.41) is 10.9. The third-order valence-electron chi connectivity index (χ3n) is 4.97. The highest BCUT2D eigenvalue weighted by atomic mass is 35.5. The van der Waals surface area contributed by atoms with Gasteiger partial charge in [0.25, 0.3) is 5.56 Å². The van der Waals surface area contributed by atoms with Crippen LogP contribution in [-0.4, -0.2) is 59.9 Å². The summed E-state index contributed by atoms with van der Waals surface area (Å²) in [6.07, 6.45) is 1.10. The normalized spacial score (nSPS) is 15.2. The molecule has 0 amide bonds. The maximum absolute atomic E-state index is 12.7. The average molecular weight is 491 g/mol. The van der Waals surface area contributed by atoms with E-state index in [9.17, 15) is 23.1 Å². The molecule has 0 bridgehead atoms. The number of sulfonamides is 1. The van der Waals surface area contributed by atoms with Crippen LogP contribution in [-0.2, 0) is 14.8 Å². The fourth-order valence-corrected chi connectivity index (χ4v) is 4.88. The molecule has 2 heterocycles. The van der Waals surface area contributed by atoms with Gasteiger partial charge in [-0.25, -0.2) is 17.8 Å². The lowest BCUT2D eigenvalue weighted by atomic mass is 10.3. The summed E-state index contributed by atoms with van der Waals surface area (Å²) in [7, 11) is -3.65. The Kier molecular flexibility index (Phi) is 6.47. The van der Waals surface area contributed by atoms with E-state index in [0.717, 1.165) is 10.8 Å². The van der Waals surface area contributed by atoms with Gasteiger partial charge < -0.3 is 9.84 Å². The molecule has 4 rings (SSSR count). The van der Waals surface area contributed by atoms with Gasteiger partial charge in [-0.3, -0.25) is 14.8 Å². The van der Waals surface area contributed by atoms with Crippen LogP contribution in [0.2, 0.25) is 5.02 Å². The first kappa shape index (κ1) is 22.9. The van der Waals surface area contributed by atoms with Crippen molar-refractivity contribution in [2.75, 3.05) is 26.3 Å². The molecule has 0 saturated carbocycles. The van der Waals surface area contributed by atoms with Gasteiger partial charge >= 0.3 is 5.69 Å². The number of halogens is 1. The summed E-state index contributed by atoms with van der Waals surface area (Å²) in [4.78, 5) is 30.9. The molecule has 0 atom stereocenters. The van der Waals surface area contributed by atoms with Gasteiger partial charge in [0.15, 0.2) is 0 Å². The van der Waals surface area contributed by atoms with E-state index in [2.05, 4.69) is 9.98 Å². The first-order chi connectivity index (χ1) is 15.8. The van der Waals surface area contributed by atoms with E-state index in [1.165, 1.54) is 34.6 Å². The lowest BCUT2D eigenvalue weighted by molar-refractivity contribution is 0.0730. The molecule has 2 aromatic carbocycles. The van der Waals surface area contributed by atoms with E-state index in [1.807, 2.05) is 0 Å². The fourth-order valence-electron chi connectivity index (χ4n) is 3.29. The molecule has 0 aliphatic carbocycles. The van der Waals surface area contributed by atoms with Gasteiger partial charge in [0.1, 0.15) is 5.56 Å². The number of hydrogen-bond donors (Lipinski definition) is 2. The highest BCUT2D eigenvalue weighted by molar-refractivity contribution is 7.89. The van der Waals surface area contributed by atoms with Crippen molar-refractivity contribution in [3.8, 4) is 11.6 Å². The summed E-state index contributed by atoms with van der Waals surface area (Å²) in [5.74, 6) is -0.610. The zero-order chi connectivity index (χ0) is 23.6. The van der Waals surface area contributed by atoms with Crippen LogP contribution in [0.15, 0.2) is 68.0 Å². The molecule has 172 valence electrons. The Bertz CT molecular complexity index is 1420. The molecule has 33 heavy (non-hydrogen) atoms. The van der Waals surface area contributed by atoms with E-state index in [1.54, 1.807) is 18.2 Å². The Labute approximate surface area is 193 Å². The number of aromatic hydroxyl groups is 1. The van der Waals surface area contributed by atoms with Gasteiger partial charge in [-0.15, -0.1) is 0 Å². The van der Waals surface area contributed by atoms with Gasteiger partial charge in [-0.1, -0.05) is 17.7 Å². The molecule has 1 aromatic heterocycles. The Hall–Kier alpha value is -3.25. The van der Waals surface area contributed by atoms with Gasteiger partial charge in [0.05, 0.1) is 29.5 Å². The van der Waals surface area contributed by atoms with Crippen LogP contribution >= 0.6 is 11.6 Å². The summed E-state index contributed by atoms with van der Waals surface area (Å²) < 4.78 is 32.9. The summed E-state index contributed by atoms with van der Waals surface area (Å²) in [5.41, 5.74) is -1.32. The first-order valence-electron chi connectivity index (χ1n) is 9.83. The van der Waals surface area contributed by atoms with Crippen LogP contribution in [0.25, 0.3) is 5.69 Å². The minimum absolute atomic E-state index is 0.110. The second kappa shape index (κ2) is 9.32. The number of nitrogens with one attached hydrogen (secondary N) is 1. The molecular weight excluding hydrogens is 472 g/mol. The van der Waals surface area contributed by atoms with Gasteiger partial charge in [0.2, 0.25) is 15.9 Å². The molecule has 3 aromatic rings. The lowest BCUT2D eigenvalue weighted by Gasteiger charge is -2.26. The summed E-state index contributed by atoms with van der Waals surface area (Å²) >= 11 is 5.96. The molecule has 1 saturated heterocycles. The maximum atomic E-state index is 12.7. The van der Waals surface area contributed by atoms with E-state index in [0.29, 0.717) is 23.9 Å². The summed E-state index contributed by atoms with van der Waals surface area (Å²) in [6.45, 7) is 1.26. The number of H-pyrrole nitrogens is 1. The van der Waals surface area contributed by atoms with Crippen LogP contribution in [0.4, 0.5) is 5.69 Å². The van der Waals surface area contributed by atoms with Gasteiger partial charge in [-0.05, 0) is 42.5 Å². The van der Waals surface area contributed by atoms with Crippen LogP contribution in [0.5, 0.6) is 5.88 Å². The Morgan fingerprint density at radius 2 is 1.79 bits per heavy atom. The van der Waals surface area contributed by atoms with E-state index < -0.39 is 27.2 Å². The third kappa shape index (κ3) is 4.76. The predicted octanol–water partition coefficient (Wildman–Crippen LogP) is 1.66. The molecule has 2 N–H and O–H groups in total. The zero-order valence-corrected chi connectivity index (χ0v) is 18.7. The highest BCUT2D eigenvalue weighted by Gasteiger charge is 2.26.